The average Bonchev–Trinajstić information content (AvgIpc) is 2.99. The minimum absolute atomic E-state index is 0.193. The molecule has 1 heterocycles. The molecule has 2 amide bonds. The second-order valence-corrected chi connectivity index (χ2v) is 10.1. The van der Waals surface area contributed by atoms with Crippen LogP contribution in [0.5, 0.6) is 23.0 Å². The number of aliphatic hydroxyl groups is 1. The molecule has 0 aromatic heterocycles. The Labute approximate surface area is 269 Å². The first-order valence-corrected chi connectivity index (χ1v) is 14.9. The number of hydrogen-bond donors (Lipinski definition) is 4. The molecular formula is C30H37BrN4O10. The van der Waals surface area contributed by atoms with Gasteiger partial charge in [0.1, 0.15) is 6.61 Å². The molecule has 2 aromatic rings. The zero-order valence-corrected chi connectivity index (χ0v) is 27.2. The van der Waals surface area contributed by atoms with E-state index in [1.54, 1.807) is 51.1 Å². The molecule has 1 aliphatic heterocycles. The molecule has 0 radical (unpaired) electrons. The molecule has 0 bridgehead atoms. The molecule has 4 N–H and O–H groups in total. The topological polar surface area (TPSA) is 175 Å². The summed E-state index contributed by atoms with van der Waals surface area (Å²) in [4.78, 5) is 36.3. The van der Waals surface area contributed by atoms with Crippen molar-refractivity contribution in [3.63, 3.8) is 0 Å². The maximum atomic E-state index is 12.4. The first kappa shape index (κ1) is 35.0. The minimum atomic E-state index is -1.20. The number of carbonyl (C=O) groups is 3. The van der Waals surface area contributed by atoms with Gasteiger partial charge >= 0.3 is 18.0 Å². The number of hydrazone groups is 1. The van der Waals surface area contributed by atoms with Crippen LogP contribution in [0.2, 0.25) is 0 Å². The van der Waals surface area contributed by atoms with Crippen LogP contribution in [0.4, 0.5) is 4.79 Å². The third-order valence-electron chi connectivity index (χ3n) is 6.08. The lowest BCUT2D eigenvalue weighted by Crippen LogP contribution is -2.45. The van der Waals surface area contributed by atoms with Gasteiger partial charge in [0.05, 0.1) is 49.2 Å². The van der Waals surface area contributed by atoms with Crippen molar-refractivity contribution < 1.29 is 47.9 Å². The molecular weight excluding hydrogens is 656 g/mol. The van der Waals surface area contributed by atoms with Crippen molar-refractivity contribution in [3.05, 3.63) is 57.2 Å². The van der Waals surface area contributed by atoms with Gasteiger partial charge in [-0.1, -0.05) is 6.07 Å². The van der Waals surface area contributed by atoms with Gasteiger partial charge in [0, 0.05) is 5.70 Å². The fraction of sp³-hybridized carbons (Fsp3) is 0.400. The summed E-state index contributed by atoms with van der Waals surface area (Å²) in [6, 6.07) is 7.09. The van der Waals surface area contributed by atoms with Gasteiger partial charge in [0.15, 0.2) is 35.8 Å². The zero-order valence-electron chi connectivity index (χ0n) is 25.6. The Morgan fingerprint density at radius 3 is 2.47 bits per heavy atom. The Kier molecular flexibility index (Phi) is 13.3. The molecule has 0 fully saturated rings. The van der Waals surface area contributed by atoms with Gasteiger partial charge in [0.25, 0.3) is 0 Å². The SMILES string of the molecule is CCOC(=O)COc1c(Br)cc(/C=N\N[C@H](O)COc2ccc([C@H]3NC(=O)NC(C)=C3C(=O)OC)cc2OCC)cc1OCC. The number of ether oxygens (including phenoxy) is 6. The van der Waals surface area contributed by atoms with E-state index in [1.807, 2.05) is 6.92 Å². The number of rotatable bonds is 16. The van der Waals surface area contributed by atoms with Crippen LogP contribution in [0.25, 0.3) is 0 Å². The van der Waals surface area contributed by atoms with Crippen molar-refractivity contribution in [2.75, 3.05) is 40.1 Å². The lowest BCUT2D eigenvalue weighted by molar-refractivity contribution is -0.145. The highest BCUT2D eigenvalue weighted by atomic mass is 79.9. The number of allylic oxidation sites excluding steroid dienone is 1. The van der Waals surface area contributed by atoms with E-state index in [1.165, 1.54) is 13.3 Å². The molecule has 1 aliphatic rings. The molecule has 2 atom stereocenters. The van der Waals surface area contributed by atoms with E-state index in [9.17, 15) is 19.5 Å². The number of halogens is 1. The molecule has 0 aliphatic carbocycles. The van der Waals surface area contributed by atoms with Crippen LogP contribution in [0.15, 0.2) is 51.2 Å². The lowest BCUT2D eigenvalue weighted by Gasteiger charge is -2.28. The highest BCUT2D eigenvalue weighted by Crippen LogP contribution is 2.37. The summed E-state index contributed by atoms with van der Waals surface area (Å²) < 4.78 is 33.1. The van der Waals surface area contributed by atoms with E-state index in [-0.39, 0.29) is 25.4 Å². The van der Waals surface area contributed by atoms with Crippen molar-refractivity contribution in [3.8, 4) is 23.0 Å². The summed E-state index contributed by atoms with van der Waals surface area (Å²) in [5, 5.41) is 19.8. The van der Waals surface area contributed by atoms with Gasteiger partial charge in [-0.05, 0) is 79.0 Å². The van der Waals surface area contributed by atoms with Crippen molar-refractivity contribution in [2.45, 2.75) is 40.0 Å². The van der Waals surface area contributed by atoms with E-state index in [0.29, 0.717) is 57.5 Å². The molecule has 45 heavy (non-hydrogen) atoms. The average molecular weight is 694 g/mol. The molecule has 14 nitrogen and oxygen atoms in total. The number of methoxy groups -OCH3 is 1. The van der Waals surface area contributed by atoms with Crippen LogP contribution in [0, 0.1) is 0 Å². The second-order valence-electron chi connectivity index (χ2n) is 9.27. The number of amides is 2. The van der Waals surface area contributed by atoms with Crippen LogP contribution < -0.4 is 35.0 Å². The van der Waals surface area contributed by atoms with Crippen molar-refractivity contribution in [1.82, 2.24) is 16.1 Å². The smallest absolute Gasteiger partial charge is 0.344 e. The van der Waals surface area contributed by atoms with Crippen molar-refractivity contribution in [1.29, 1.82) is 0 Å². The minimum Gasteiger partial charge on any atom is -0.490 e. The number of hydrogen-bond acceptors (Lipinski definition) is 12. The molecule has 15 heteroatoms. The Hall–Kier alpha value is -4.50. The molecule has 244 valence electrons. The Morgan fingerprint density at radius 1 is 1.04 bits per heavy atom. The number of nitrogens with zero attached hydrogens (tertiary/aromatic N) is 1. The van der Waals surface area contributed by atoms with E-state index >= 15 is 0 Å². The number of nitrogens with one attached hydrogen (secondary N) is 3. The van der Waals surface area contributed by atoms with Crippen LogP contribution in [0.3, 0.4) is 0 Å². The number of urea groups is 1. The maximum absolute atomic E-state index is 12.4. The summed E-state index contributed by atoms with van der Waals surface area (Å²) in [5.74, 6) is 0.320. The summed E-state index contributed by atoms with van der Waals surface area (Å²) in [6.07, 6.45) is 0.269. The van der Waals surface area contributed by atoms with Gasteiger partial charge < -0.3 is 44.2 Å². The summed E-state index contributed by atoms with van der Waals surface area (Å²) >= 11 is 3.43. The molecule has 3 rings (SSSR count). The molecule has 0 saturated carbocycles. The van der Waals surface area contributed by atoms with E-state index in [4.69, 9.17) is 28.4 Å². The Bertz CT molecular complexity index is 1430. The number of benzene rings is 2. The first-order chi connectivity index (χ1) is 21.6. The monoisotopic (exact) mass is 692 g/mol. The predicted molar refractivity (Wildman–Crippen MR) is 166 cm³/mol. The molecule has 2 aromatic carbocycles. The molecule has 0 saturated heterocycles. The summed E-state index contributed by atoms with van der Waals surface area (Å²) in [5.41, 5.74) is 4.40. The molecule has 0 unspecified atom stereocenters. The third kappa shape index (κ3) is 9.74. The van der Waals surface area contributed by atoms with Crippen LogP contribution in [0.1, 0.15) is 44.9 Å². The second kappa shape index (κ2) is 17.1. The zero-order chi connectivity index (χ0) is 32.9. The molecule has 0 spiro atoms. The summed E-state index contributed by atoms with van der Waals surface area (Å²) in [7, 11) is 1.26. The highest BCUT2D eigenvalue weighted by Gasteiger charge is 2.32. The largest absolute Gasteiger partial charge is 0.490 e. The van der Waals surface area contributed by atoms with Gasteiger partial charge in [-0.2, -0.15) is 5.10 Å². The number of esters is 2. The first-order valence-electron chi connectivity index (χ1n) is 14.1. The van der Waals surface area contributed by atoms with Crippen molar-refractivity contribution in [2.24, 2.45) is 5.10 Å². The Morgan fingerprint density at radius 2 is 1.78 bits per heavy atom. The number of carbonyl (C=O) groups excluding carboxylic acids is 3. The standard InChI is InChI=1S/C30H37BrN4O10/c1-6-41-22-13-19(27-26(29(38)40-5)17(4)33-30(39)34-27)9-10-21(22)44-15-24(36)35-32-14-18-11-20(31)28(23(12-18)42-7-2)45-16-25(37)43-8-3/h9-14,24,27,35-36H,6-8,15-16H2,1-5H3,(H2,33,34,39)/b32-14-/t24-,27-/m1/s1. The quantitative estimate of drug-likeness (QED) is 0.0879. The fourth-order valence-corrected chi connectivity index (χ4v) is 4.79. The highest BCUT2D eigenvalue weighted by molar-refractivity contribution is 9.10. The lowest BCUT2D eigenvalue weighted by atomic mass is 9.95. The van der Waals surface area contributed by atoms with Crippen LogP contribution >= 0.6 is 15.9 Å². The fourth-order valence-electron chi connectivity index (χ4n) is 4.22. The normalized spacial score (nSPS) is 15.1. The third-order valence-corrected chi connectivity index (χ3v) is 6.67. The van der Waals surface area contributed by atoms with Crippen molar-refractivity contribution >= 4 is 40.1 Å². The van der Waals surface area contributed by atoms with E-state index in [0.717, 1.165) is 0 Å². The van der Waals surface area contributed by atoms with E-state index in [2.05, 4.69) is 37.1 Å². The van der Waals surface area contributed by atoms with Crippen LogP contribution in [-0.2, 0) is 19.1 Å². The maximum Gasteiger partial charge on any atom is 0.344 e. The van der Waals surface area contributed by atoms with Gasteiger partial charge in [-0.15, -0.1) is 0 Å². The van der Waals surface area contributed by atoms with Crippen LogP contribution in [-0.4, -0.2) is 75.7 Å². The number of aliphatic hydroxyl groups excluding tert-OH is 1. The predicted octanol–water partition coefficient (Wildman–Crippen LogP) is 3.31. The van der Waals surface area contributed by atoms with Gasteiger partial charge in [-0.25, -0.2) is 14.4 Å². The van der Waals surface area contributed by atoms with Gasteiger partial charge in [0.2, 0.25) is 0 Å². The van der Waals surface area contributed by atoms with Gasteiger partial charge in [-0.3, -0.25) is 5.43 Å². The summed E-state index contributed by atoms with van der Waals surface area (Å²) in [6.45, 7) is 7.39. The van der Waals surface area contributed by atoms with E-state index < -0.39 is 30.2 Å². The Balaban J connectivity index is 1.67.